The zero-order valence-corrected chi connectivity index (χ0v) is 12.6. The van der Waals surface area contributed by atoms with Gasteiger partial charge in [0.15, 0.2) is 5.12 Å². The van der Waals surface area contributed by atoms with Crippen LogP contribution < -0.4 is 0 Å². The molecule has 1 saturated carbocycles. The molecule has 1 aliphatic rings. The molecule has 0 saturated heterocycles. The van der Waals surface area contributed by atoms with Crippen molar-refractivity contribution in [3.63, 3.8) is 0 Å². The minimum absolute atomic E-state index is 0.0463. The lowest BCUT2D eigenvalue weighted by Crippen LogP contribution is -2.29. The first kappa shape index (κ1) is 16.5. The summed E-state index contributed by atoms with van der Waals surface area (Å²) in [5, 5.41) is 9.06. The molecule has 110 valence electrons. The van der Waals surface area contributed by atoms with E-state index in [1.165, 1.54) is 26.2 Å². The Labute approximate surface area is 119 Å². The summed E-state index contributed by atoms with van der Waals surface area (Å²) in [5.41, 5.74) is 0. The normalized spacial score (nSPS) is 24.9. The Balaban J connectivity index is 2.34. The summed E-state index contributed by atoms with van der Waals surface area (Å²) in [6, 6.07) is 0. The van der Waals surface area contributed by atoms with Crippen LogP contribution in [0.25, 0.3) is 0 Å². The van der Waals surface area contributed by atoms with E-state index in [0.29, 0.717) is 11.7 Å². The molecule has 0 aromatic carbocycles. The molecule has 0 aromatic heterocycles. The molecule has 0 aliphatic heterocycles. The number of carbonyl (C=O) groups excluding carboxylic acids is 1. The van der Waals surface area contributed by atoms with Gasteiger partial charge in [-0.25, -0.2) is 0 Å². The van der Waals surface area contributed by atoms with Gasteiger partial charge in [0.1, 0.15) is 0 Å². The van der Waals surface area contributed by atoms with E-state index in [1.54, 1.807) is 0 Å². The SMILES string of the molecule is CCC1CCCC(OCC(CSC(C)=O)C(=O)O)C1. The lowest BCUT2D eigenvalue weighted by atomic mass is 9.85. The van der Waals surface area contributed by atoms with Crippen LogP contribution in [0.3, 0.4) is 0 Å². The summed E-state index contributed by atoms with van der Waals surface area (Å²) in [6.45, 7) is 3.87. The summed E-state index contributed by atoms with van der Waals surface area (Å²) >= 11 is 1.06. The molecule has 1 aliphatic carbocycles. The maximum absolute atomic E-state index is 11.1. The predicted molar refractivity (Wildman–Crippen MR) is 76.3 cm³/mol. The second-order valence-electron chi connectivity index (χ2n) is 5.23. The smallest absolute Gasteiger partial charge is 0.309 e. The highest BCUT2D eigenvalue weighted by atomic mass is 32.2. The van der Waals surface area contributed by atoms with Gasteiger partial charge in [0.2, 0.25) is 0 Å². The molecule has 19 heavy (non-hydrogen) atoms. The van der Waals surface area contributed by atoms with E-state index in [4.69, 9.17) is 9.84 Å². The van der Waals surface area contributed by atoms with Crippen LogP contribution in [0.5, 0.6) is 0 Å². The molecule has 5 heteroatoms. The van der Waals surface area contributed by atoms with Crippen LogP contribution >= 0.6 is 11.8 Å². The summed E-state index contributed by atoms with van der Waals surface area (Å²) in [6.07, 6.45) is 5.87. The van der Waals surface area contributed by atoms with E-state index in [9.17, 15) is 9.59 Å². The van der Waals surface area contributed by atoms with E-state index in [0.717, 1.165) is 24.6 Å². The average molecular weight is 288 g/mol. The Bertz CT molecular complexity index is 306. The summed E-state index contributed by atoms with van der Waals surface area (Å²) in [5.74, 6) is -0.449. The third-order valence-electron chi connectivity index (χ3n) is 3.68. The van der Waals surface area contributed by atoms with Crippen LogP contribution in [0.1, 0.15) is 46.0 Å². The first-order chi connectivity index (χ1) is 9.02. The molecule has 3 unspecified atom stereocenters. The highest BCUT2D eigenvalue weighted by Gasteiger charge is 2.24. The van der Waals surface area contributed by atoms with Crippen molar-refractivity contribution < 1.29 is 19.4 Å². The maximum atomic E-state index is 11.1. The van der Waals surface area contributed by atoms with Crippen molar-refractivity contribution >= 4 is 22.8 Å². The van der Waals surface area contributed by atoms with Crippen LogP contribution in [0.2, 0.25) is 0 Å². The molecule has 4 nitrogen and oxygen atoms in total. The van der Waals surface area contributed by atoms with Gasteiger partial charge in [0, 0.05) is 12.7 Å². The number of rotatable bonds is 7. The fourth-order valence-corrected chi connectivity index (χ4v) is 3.10. The van der Waals surface area contributed by atoms with Crippen LogP contribution in [-0.4, -0.2) is 34.7 Å². The van der Waals surface area contributed by atoms with Gasteiger partial charge >= 0.3 is 5.97 Å². The first-order valence-corrected chi connectivity index (χ1v) is 7.99. The molecule has 0 spiro atoms. The standard InChI is InChI=1S/C14H24O4S/c1-3-11-5-4-6-13(7-11)18-8-12(14(16)17)9-19-10(2)15/h11-13H,3-9H2,1-2H3,(H,16,17). The zero-order chi connectivity index (χ0) is 14.3. The van der Waals surface area contributed by atoms with Crippen molar-refractivity contribution in [3.8, 4) is 0 Å². The fraction of sp³-hybridized carbons (Fsp3) is 0.857. The highest BCUT2D eigenvalue weighted by Crippen LogP contribution is 2.28. The molecule has 0 radical (unpaired) electrons. The second-order valence-corrected chi connectivity index (χ2v) is 6.43. The van der Waals surface area contributed by atoms with Gasteiger partial charge in [-0.05, 0) is 18.8 Å². The largest absolute Gasteiger partial charge is 0.481 e. The molecule has 0 amide bonds. The topological polar surface area (TPSA) is 63.6 Å². The number of carboxylic acids is 1. The van der Waals surface area contributed by atoms with Gasteiger partial charge < -0.3 is 9.84 Å². The molecular weight excluding hydrogens is 264 g/mol. The third-order valence-corrected chi connectivity index (χ3v) is 4.66. The number of thioether (sulfide) groups is 1. The molecule has 1 rings (SSSR count). The van der Waals surface area contributed by atoms with E-state index in [-0.39, 0.29) is 17.8 Å². The Morgan fingerprint density at radius 2 is 2.16 bits per heavy atom. The maximum Gasteiger partial charge on any atom is 0.309 e. The van der Waals surface area contributed by atoms with Crippen molar-refractivity contribution in [2.24, 2.45) is 11.8 Å². The predicted octanol–water partition coefficient (Wildman–Crippen LogP) is 2.95. The van der Waals surface area contributed by atoms with Gasteiger partial charge in [-0.1, -0.05) is 37.9 Å². The monoisotopic (exact) mass is 288 g/mol. The van der Waals surface area contributed by atoms with Crippen molar-refractivity contribution in [3.05, 3.63) is 0 Å². The van der Waals surface area contributed by atoms with Crippen LogP contribution in [-0.2, 0) is 14.3 Å². The summed E-state index contributed by atoms with van der Waals surface area (Å²) in [7, 11) is 0. The summed E-state index contributed by atoms with van der Waals surface area (Å²) in [4.78, 5) is 22.0. The van der Waals surface area contributed by atoms with Crippen LogP contribution in [0.4, 0.5) is 0 Å². The Morgan fingerprint density at radius 3 is 2.74 bits per heavy atom. The van der Waals surface area contributed by atoms with E-state index >= 15 is 0 Å². The fourth-order valence-electron chi connectivity index (χ4n) is 2.42. The quantitative estimate of drug-likeness (QED) is 0.780. The number of carboxylic acid groups (broad SMARTS) is 1. The second kappa shape index (κ2) is 8.59. The highest BCUT2D eigenvalue weighted by molar-refractivity contribution is 8.13. The first-order valence-electron chi connectivity index (χ1n) is 7.00. The Hall–Kier alpha value is -0.550. The van der Waals surface area contributed by atoms with E-state index in [2.05, 4.69) is 6.92 Å². The van der Waals surface area contributed by atoms with Crippen molar-refractivity contribution in [1.29, 1.82) is 0 Å². The molecule has 0 heterocycles. The van der Waals surface area contributed by atoms with Gasteiger partial charge in [-0.3, -0.25) is 9.59 Å². The van der Waals surface area contributed by atoms with E-state index in [1.807, 2.05) is 0 Å². The molecule has 0 bridgehead atoms. The lowest BCUT2D eigenvalue weighted by Gasteiger charge is -2.29. The van der Waals surface area contributed by atoms with Gasteiger partial charge in [0.25, 0.3) is 0 Å². The molecule has 1 N–H and O–H groups in total. The lowest BCUT2D eigenvalue weighted by molar-refractivity contribution is -0.144. The zero-order valence-electron chi connectivity index (χ0n) is 11.8. The van der Waals surface area contributed by atoms with E-state index < -0.39 is 11.9 Å². The number of hydrogen-bond donors (Lipinski definition) is 1. The van der Waals surface area contributed by atoms with Crippen molar-refractivity contribution in [2.75, 3.05) is 12.4 Å². The minimum Gasteiger partial charge on any atom is -0.481 e. The van der Waals surface area contributed by atoms with Gasteiger partial charge in [-0.2, -0.15) is 0 Å². The van der Waals surface area contributed by atoms with Crippen LogP contribution in [0, 0.1) is 11.8 Å². The number of aliphatic carboxylic acids is 1. The van der Waals surface area contributed by atoms with Crippen molar-refractivity contribution in [2.45, 2.75) is 52.1 Å². The number of ether oxygens (including phenoxy) is 1. The van der Waals surface area contributed by atoms with Gasteiger partial charge in [0.05, 0.1) is 18.6 Å². The average Bonchev–Trinajstić information content (AvgIpc) is 2.38. The molecular formula is C14H24O4S. The molecule has 3 atom stereocenters. The Morgan fingerprint density at radius 1 is 1.42 bits per heavy atom. The number of carbonyl (C=O) groups is 2. The summed E-state index contributed by atoms with van der Waals surface area (Å²) < 4.78 is 5.77. The molecule has 0 aromatic rings. The molecule has 1 fully saturated rings. The van der Waals surface area contributed by atoms with Gasteiger partial charge in [-0.15, -0.1) is 0 Å². The Kier molecular flexibility index (Phi) is 7.46. The van der Waals surface area contributed by atoms with Crippen molar-refractivity contribution in [1.82, 2.24) is 0 Å². The third kappa shape index (κ3) is 6.43. The number of hydrogen-bond acceptors (Lipinski definition) is 4. The van der Waals surface area contributed by atoms with Crippen LogP contribution in [0.15, 0.2) is 0 Å². The minimum atomic E-state index is -0.878.